The Morgan fingerprint density at radius 1 is 1.00 bits per heavy atom. The molecular weight excluding hydrogens is 443 g/mol. The molecule has 3 aromatic rings. The van der Waals surface area contributed by atoms with Gasteiger partial charge in [0.05, 0.1) is 34.7 Å². The summed E-state index contributed by atoms with van der Waals surface area (Å²) < 4.78 is 42.9. The van der Waals surface area contributed by atoms with E-state index in [2.05, 4.69) is 15.6 Å². The van der Waals surface area contributed by atoms with E-state index in [0.29, 0.717) is 17.1 Å². The maximum Gasteiger partial charge on any atom is 0.417 e. The summed E-state index contributed by atoms with van der Waals surface area (Å²) in [5.74, 6) is -0.285. The van der Waals surface area contributed by atoms with Gasteiger partial charge >= 0.3 is 6.18 Å². The molecule has 0 atom stereocenters. The molecule has 1 aromatic heterocycles. The molecule has 0 fully saturated rings. The average Bonchev–Trinajstić information content (AvgIpc) is 2.78. The van der Waals surface area contributed by atoms with Crippen molar-refractivity contribution < 1.29 is 27.5 Å². The van der Waals surface area contributed by atoms with Crippen LogP contribution in [-0.4, -0.2) is 29.7 Å². The molecule has 6 nitrogen and oxygen atoms in total. The summed E-state index contributed by atoms with van der Waals surface area (Å²) in [7, 11) is 1.54. The van der Waals surface area contributed by atoms with Crippen molar-refractivity contribution in [1.82, 2.24) is 4.98 Å². The first-order chi connectivity index (χ1) is 15.3. The third-order valence-electron chi connectivity index (χ3n) is 4.21. The van der Waals surface area contributed by atoms with E-state index in [4.69, 9.17) is 4.74 Å². The second-order valence-electron chi connectivity index (χ2n) is 6.45. The van der Waals surface area contributed by atoms with Crippen molar-refractivity contribution in [2.45, 2.75) is 11.2 Å². The fourth-order valence-corrected chi connectivity index (χ4v) is 3.26. The quantitative estimate of drug-likeness (QED) is 0.479. The lowest BCUT2D eigenvalue weighted by molar-refractivity contribution is -0.137. The Balaban J connectivity index is 1.61. The monoisotopic (exact) mass is 461 g/mol. The van der Waals surface area contributed by atoms with Gasteiger partial charge in [-0.2, -0.15) is 13.2 Å². The van der Waals surface area contributed by atoms with Crippen LogP contribution < -0.4 is 15.4 Å². The molecule has 0 saturated carbocycles. The first-order valence-corrected chi connectivity index (χ1v) is 10.2. The number of thioether (sulfide) groups is 1. The molecular formula is C22H18F3N3O3S. The van der Waals surface area contributed by atoms with Crippen molar-refractivity contribution in [3.8, 4) is 5.75 Å². The van der Waals surface area contributed by atoms with Gasteiger partial charge in [0.2, 0.25) is 5.91 Å². The Morgan fingerprint density at radius 2 is 1.72 bits per heavy atom. The molecule has 0 aliphatic rings. The Labute approximate surface area is 186 Å². The minimum atomic E-state index is -4.47. The molecule has 0 bridgehead atoms. The van der Waals surface area contributed by atoms with Crippen molar-refractivity contribution in [1.29, 1.82) is 0 Å². The molecule has 1 heterocycles. The number of nitrogens with zero attached hydrogens (tertiary/aromatic N) is 1. The number of hydrogen-bond donors (Lipinski definition) is 2. The van der Waals surface area contributed by atoms with Gasteiger partial charge in [-0.25, -0.2) is 4.98 Å². The number of para-hydroxylation sites is 1. The molecule has 166 valence electrons. The van der Waals surface area contributed by atoms with E-state index in [0.717, 1.165) is 24.0 Å². The van der Waals surface area contributed by atoms with E-state index in [9.17, 15) is 22.8 Å². The van der Waals surface area contributed by atoms with Gasteiger partial charge in [0.15, 0.2) is 0 Å². The summed E-state index contributed by atoms with van der Waals surface area (Å²) >= 11 is 0.985. The van der Waals surface area contributed by atoms with E-state index in [1.54, 1.807) is 55.6 Å². The summed E-state index contributed by atoms with van der Waals surface area (Å²) in [6, 6.07) is 15.4. The van der Waals surface area contributed by atoms with Crippen LogP contribution in [0.3, 0.4) is 0 Å². The van der Waals surface area contributed by atoms with Crippen LogP contribution in [0.25, 0.3) is 0 Å². The highest BCUT2D eigenvalue weighted by atomic mass is 32.2. The second kappa shape index (κ2) is 10.2. The lowest BCUT2D eigenvalue weighted by Crippen LogP contribution is -2.19. The summed E-state index contributed by atoms with van der Waals surface area (Å²) in [6.07, 6.45) is -3.75. The summed E-state index contributed by atoms with van der Waals surface area (Å²) in [5.41, 5.74) is 0.266. The number of ether oxygens (including phenoxy) is 1. The van der Waals surface area contributed by atoms with E-state index in [-0.39, 0.29) is 16.3 Å². The van der Waals surface area contributed by atoms with Gasteiger partial charge in [-0.3, -0.25) is 9.59 Å². The third kappa shape index (κ3) is 6.24. The lowest BCUT2D eigenvalue weighted by atomic mass is 10.1. The normalized spacial score (nSPS) is 11.0. The highest BCUT2D eigenvalue weighted by molar-refractivity contribution is 7.99. The molecule has 0 radical (unpaired) electrons. The topological polar surface area (TPSA) is 80.3 Å². The van der Waals surface area contributed by atoms with Gasteiger partial charge in [0, 0.05) is 11.9 Å². The SMILES string of the molecule is COc1ccc(NC(=O)c2ccccc2NC(=O)CSc2ccc(C(F)(F)F)cn2)cc1. The first kappa shape index (κ1) is 23.1. The van der Waals surface area contributed by atoms with E-state index >= 15 is 0 Å². The van der Waals surface area contributed by atoms with Gasteiger partial charge in [-0.15, -0.1) is 0 Å². The third-order valence-corrected chi connectivity index (χ3v) is 5.15. The van der Waals surface area contributed by atoms with E-state index in [1.807, 2.05) is 0 Å². The first-order valence-electron chi connectivity index (χ1n) is 9.26. The van der Waals surface area contributed by atoms with Crippen molar-refractivity contribution in [2.75, 3.05) is 23.5 Å². The molecule has 0 unspecified atom stereocenters. The Morgan fingerprint density at radius 3 is 2.34 bits per heavy atom. The fourth-order valence-electron chi connectivity index (χ4n) is 2.62. The van der Waals surface area contributed by atoms with Crippen LogP contribution in [0.5, 0.6) is 5.75 Å². The van der Waals surface area contributed by atoms with Crippen LogP contribution in [-0.2, 0) is 11.0 Å². The molecule has 0 aliphatic carbocycles. The number of alkyl halides is 3. The number of nitrogens with one attached hydrogen (secondary N) is 2. The van der Waals surface area contributed by atoms with Crippen molar-refractivity contribution in [3.05, 3.63) is 78.0 Å². The number of pyridine rings is 1. The fraction of sp³-hybridized carbons (Fsp3) is 0.136. The van der Waals surface area contributed by atoms with Crippen LogP contribution in [0, 0.1) is 0 Å². The number of benzene rings is 2. The van der Waals surface area contributed by atoms with Crippen molar-refractivity contribution >= 4 is 35.0 Å². The van der Waals surface area contributed by atoms with Gasteiger partial charge in [-0.1, -0.05) is 23.9 Å². The predicted molar refractivity (Wildman–Crippen MR) is 116 cm³/mol. The summed E-state index contributed by atoms with van der Waals surface area (Å²) in [6.45, 7) is 0. The van der Waals surface area contributed by atoms with Crippen LogP contribution in [0.2, 0.25) is 0 Å². The minimum absolute atomic E-state index is 0.0905. The van der Waals surface area contributed by atoms with E-state index < -0.39 is 23.6 Å². The predicted octanol–water partition coefficient (Wildman–Crippen LogP) is 5.09. The van der Waals surface area contributed by atoms with Gasteiger partial charge in [0.1, 0.15) is 5.75 Å². The standard InChI is InChI=1S/C22H18F3N3O3S/c1-31-16-9-7-15(8-10-16)27-21(30)17-4-2-3-5-18(17)28-19(29)13-32-20-11-6-14(12-26-20)22(23,24)25/h2-12H,13H2,1H3,(H,27,30)(H,28,29). The van der Waals surface area contributed by atoms with Crippen LogP contribution in [0.4, 0.5) is 24.5 Å². The molecule has 0 aliphatic heterocycles. The summed E-state index contributed by atoms with van der Waals surface area (Å²) in [4.78, 5) is 28.7. The number of methoxy groups -OCH3 is 1. The van der Waals surface area contributed by atoms with Crippen LogP contribution in [0.1, 0.15) is 15.9 Å². The zero-order valence-electron chi connectivity index (χ0n) is 16.8. The Kier molecular flexibility index (Phi) is 7.37. The molecule has 2 aromatic carbocycles. The minimum Gasteiger partial charge on any atom is -0.497 e. The molecule has 32 heavy (non-hydrogen) atoms. The number of aromatic nitrogens is 1. The molecule has 3 rings (SSSR count). The average molecular weight is 461 g/mol. The number of carbonyl (C=O) groups is 2. The second-order valence-corrected chi connectivity index (χ2v) is 7.44. The molecule has 0 spiro atoms. The number of carbonyl (C=O) groups excluding carboxylic acids is 2. The number of halogens is 3. The number of rotatable bonds is 7. The Bertz CT molecular complexity index is 1090. The van der Waals surface area contributed by atoms with Crippen molar-refractivity contribution in [2.24, 2.45) is 0 Å². The number of hydrogen-bond acceptors (Lipinski definition) is 5. The van der Waals surface area contributed by atoms with Crippen LogP contribution in [0.15, 0.2) is 71.9 Å². The zero-order chi connectivity index (χ0) is 23.1. The zero-order valence-corrected chi connectivity index (χ0v) is 17.6. The highest BCUT2D eigenvalue weighted by Gasteiger charge is 2.30. The molecule has 10 heteroatoms. The Hall–Kier alpha value is -3.53. The van der Waals surface area contributed by atoms with E-state index in [1.165, 1.54) is 6.07 Å². The van der Waals surface area contributed by atoms with Crippen LogP contribution >= 0.6 is 11.8 Å². The van der Waals surface area contributed by atoms with Gasteiger partial charge < -0.3 is 15.4 Å². The maximum absolute atomic E-state index is 12.7. The molecule has 0 saturated heterocycles. The highest BCUT2D eigenvalue weighted by Crippen LogP contribution is 2.29. The van der Waals surface area contributed by atoms with Crippen molar-refractivity contribution in [3.63, 3.8) is 0 Å². The number of anilines is 2. The van der Waals surface area contributed by atoms with Gasteiger partial charge in [-0.05, 0) is 48.5 Å². The van der Waals surface area contributed by atoms with Gasteiger partial charge in [0.25, 0.3) is 5.91 Å². The smallest absolute Gasteiger partial charge is 0.417 e. The summed E-state index contributed by atoms with van der Waals surface area (Å²) in [5, 5.41) is 5.68. The largest absolute Gasteiger partial charge is 0.497 e. The maximum atomic E-state index is 12.7. The lowest BCUT2D eigenvalue weighted by Gasteiger charge is -2.12. The molecule has 2 amide bonds. The molecule has 2 N–H and O–H groups in total. The number of amides is 2.